The maximum Gasteiger partial charge on any atom is 1.00 e. The van der Waals surface area contributed by atoms with Gasteiger partial charge in [-0.3, -0.25) is 0 Å². The molecule has 0 aromatic heterocycles. The first kappa shape index (κ1) is 53.6. The van der Waals surface area contributed by atoms with Crippen molar-refractivity contribution in [2.45, 2.75) is 211 Å². The molecule has 0 saturated heterocycles. The molecule has 0 fully saturated rings. The van der Waals surface area contributed by atoms with Gasteiger partial charge in [0.25, 0.3) is 0 Å². The Balaban J connectivity index is 0.0000292. The molecule has 1 rings (SSSR count). The summed E-state index contributed by atoms with van der Waals surface area (Å²) in [5.41, 5.74) is -0.783. The van der Waals surface area contributed by atoms with E-state index in [4.69, 9.17) is 9.47 Å². The predicted octanol–water partition coefficient (Wildman–Crippen LogP) is 10.8. The number of allylic oxidation sites excluding steroid dienone is 4. The van der Waals surface area contributed by atoms with E-state index in [1.807, 2.05) is 0 Å². The van der Waals surface area contributed by atoms with Crippen molar-refractivity contribution < 1.29 is 61.6 Å². The van der Waals surface area contributed by atoms with Crippen molar-refractivity contribution in [2.75, 3.05) is 13.2 Å². The third-order valence-electron chi connectivity index (χ3n) is 10.00. The van der Waals surface area contributed by atoms with E-state index in [1.165, 1.54) is 147 Å². The van der Waals surface area contributed by atoms with Gasteiger partial charge in [0.15, 0.2) is 0 Å². The van der Waals surface area contributed by atoms with Crippen molar-refractivity contribution in [3.8, 4) is 0 Å². The minimum atomic E-state index is -5.02. The number of hydrogen-bond acceptors (Lipinski definition) is 7. The summed E-state index contributed by atoms with van der Waals surface area (Å²) in [6, 6.07) is 3.62. The number of carbonyl (C=O) groups is 2. The molecule has 0 spiro atoms. The zero-order valence-electron chi connectivity index (χ0n) is 35.4. The smallest absolute Gasteiger partial charge is 0.744 e. The fourth-order valence-electron chi connectivity index (χ4n) is 6.65. The summed E-state index contributed by atoms with van der Waals surface area (Å²) >= 11 is 0. The third kappa shape index (κ3) is 30.3. The Morgan fingerprint density at radius 1 is 0.509 bits per heavy atom. The summed E-state index contributed by atoms with van der Waals surface area (Å²) in [4.78, 5) is 25.2. The van der Waals surface area contributed by atoms with Crippen molar-refractivity contribution in [1.82, 2.24) is 0 Å². The zero-order chi connectivity index (χ0) is 39.4. The largest absolute Gasteiger partial charge is 1.00 e. The van der Waals surface area contributed by atoms with E-state index in [0.717, 1.165) is 51.0 Å². The molecule has 7 nitrogen and oxygen atoms in total. The van der Waals surface area contributed by atoms with Gasteiger partial charge in [-0.1, -0.05) is 173 Å². The standard InChI is InChI=1S/C46H78O7S.Na/c1-3-5-7-9-11-13-15-17-19-21-23-25-27-29-31-33-35-40-52-45(47)42-38-37-39-43(54(49,50)51)44(42)46(48)53-41-36-34-32-30-28-26-24-22-20-18-16-14-12-10-8-6-4-2;/h15-18,37-39H,3-14,19-36,40-41H2,1-2H3,(H,49,50,51);/q;+1/p-1/b17-15+,18-16+;. The summed E-state index contributed by atoms with van der Waals surface area (Å²) in [7, 11) is -5.02. The Morgan fingerprint density at radius 2 is 0.836 bits per heavy atom. The van der Waals surface area contributed by atoms with E-state index < -0.39 is 32.5 Å². The first-order valence-corrected chi connectivity index (χ1v) is 23.5. The molecule has 1 aromatic rings. The van der Waals surface area contributed by atoms with Gasteiger partial charge >= 0.3 is 41.5 Å². The molecule has 0 aliphatic heterocycles. The van der Waals surface area contributed by atoms with E-state index in [-0.39, 0.29) is 48.3 Å². The molecule has 0 N–H and O–H groups in total. The summed E-state index contributed by atoms with van der Waals surface area (Å²) < 4.78 is 46.7. The molecule has 310 valence electrons. The minimum absolute atomic E-state index is 0. The second-order valence-corrected chi connectivity index (χ2v) is 16.3. The van der Waals surface area contributed by atoms with Crippen LogP contribution < -0.4 is 29.6 Å². The molecule has 0 atom stereocenters. The van der Waals surface area contributed by atoms with Crippen molar-refractivity contribution in [3.63, 3.8) is 0 Å². The number of hydrogen-bond donors (Lipinski definition) is 0. The Labute approximate surface area is 359 Å². The summed E-state index contributed by atoms with van der Waals surface area (Å²) in [6.45, 7) is 4.74. The van der Waals surface area contributed by atoms with Crippen LogP contribution >= 0.6 is 0 Å². The fourth-order valence-corrected chi connectivity index (χ4v) is 7.34. The van der Waals surface area contributed by atoms with E-state index in [2.05, 4.69) is 38.2 Å². The van der Waals surface area contributed by atoms with E-state index in [9.17, 15) is 22.6 Å². The molecule has 0 aliphatic rings. The van der Waals surface area contributed by atoms with Gasteiger partial charge in [0.2, 0.25) is 0 Å². The van der Waals surface area contributed by atoms with Crippen LogP contribution in [0.2, 0.25) is 0 Å². The summed E-state index contributed by atoms with van der Waals surface area (Å²) in [5, 5.41) is 0. The molecule has 0 saturated carbocycles. The van der Waals surface area contributed by atoms with Crippen LogP contribution in [0.1, 0.15) is 227 Å². The Hall–Kier alpha value is -1.45. The third-order valence-corrected chi connectivity index (χ3v) is 10.9. The molecule has 0 unspecified atom stereocenters. The number of rotatable bonds is 37. The molecule has 55 heavy (non-hydrogen) atoms. The van der Waals surface area contributed by atoms with Crippen LogP contribution in [-0.2, 0) is 19.6 Å². The molecule has 0 amide bonds. The molecule has 0 aliphatic carbocycles. The van der Waals surface area contributed by atoms with Gasteiger partial charge in [0.1, 0.15) is 10.1 Å². The summed E-state index contributed by atoms with van der Waals surface area (Å²) in [5.74, 6) is -1.82. The average molecular weight is 797 g/mol. The van der Waals surface area contributed by atoms with Gasteiger partial charge < -0.3 is 14.0 Å². The summed E-state index contributed by atoms with van der Waals surface area (Å²) in [6.07, 6.45) is 44.6. The number of benzene rings is 1. The van der Waals surface area contributed by atoms with Gasteiger partial charge in [-0.05, 0) is 76.3 Å². The van der Waals surface area contributed by atoms with Crippen molar-refractivity contribution in [3.05, 3.63) is 53.6 Å². The van der Waals surface area contributed by atoms with Crippen molar-refractivity contribution >= 4 is 22.1 Å². The zero-order valence-corrected chi connectivity index (χ0v) is 38.3. The average Bonchev–Trinajstić information content (AvgIpc) is 3.16. The van der Waals surface area contributed by atoms with Crippen LogP contribution in [0.15, 0.2) is 47.4 Å². The monoisotopic (exact) mass is 797 g/mol. The van der Waals surface area contributed by atoms with Crippen molar-refractivity contribution in [1.29, 1.82) is 0 Å². The molecular weight excluding hydrogens is 720 g/mol. The minimum Gasteiger partial charge on any atom is -0.744 e. The van der Waals surface area contributed by atoms with Gasteiger partial charge in [-0.15, -0.1) is 0 Å². The van der Waals surface area contributed by atoms with Crippen LogP contribution in [0.5, 0.6) is 0 Å². The number of ether oxygens (including phenoxy) is 2. The maximum absolute atomic E-state index is 13.0. The SMILES string of the molecule is CCCCCCC/C=C/CCCCCCCCCCOC(=O)c1cccc(S(=O)(=O)[O-])c1C(=O)OCCCCCCCCCC/C=C/CCCCCCC.[Na+]. The maximum atomic E-state index is 13.0. The van der Waals surface area contributed by atoms with Crippen LogP contribution in [0, 0.1) is 0 Å². The molecule has 0 heterocycles. The van der Waals surface area contributed by atoms with Gasteiger partial charge in [-0.2, -0.15) is 0 Å². The first-order chi connectivity index (χ1) is 26.3. The van der Waals surface area contributed by atoms with Crippen LogP contribution in [0.3, 0.4) is 0 Å². The molecule has 0 radical (unpaired) electrons. The fraction of sp³-hybridized carbons (Fsp3) is 0.739. The van der Waals surface area contributed by atoms with Crippen LogP contribution in [-0.4, -0.2) is 38.1 Å². The van der Waals surface area contributed by atoms with E-state index in [1.54, 1.807) is 0 Å². The van der Waals surface area contributed by atoms with E-state index >= 15 is 0 Å². The first-order valence-electron chi connectivity index (χ1n) is 22.1. The molecule has 0 bridgehead atoms. The Bertz CT molecular complexity index is 1240. The molecule has 1 aromatic carbocycles. The number of esters is 2. The van der Waals surface area contributed by atoms with Gasteiger partial charge in [-0.25, -0.2) is 18.0 Å². The van der Waals surface area contributed by atoms with Crippen molar-refractivity contribution in [2.24, 2.45) is 0 Å². The van der Waals surface area contributed by atoms with Crippen LogP contribution in [0.4, 0.5) is 0 Å². The van der Waals surface area contributed by atoms with Crippen LogP contribution in [0.25, 0.3) is 0 Å². The Kier molecular flexibility index (Phi) is 37.1. The second-order valence-electron chi connectivity index (χ2n) is 15.0. The normalized spacial score (nSPS) is 11.7. The molecular formula is C46H77NaO7S. The Morgan fingerprint density at radius 3 is 1.20 bits per heavy atom. The van der Waals surface area contributed by atoms with Gasteiger partial charge in [0.05, 0.1) is 29.2 Å². The number of unbranched alkanes of at least 4 members (excludes halogenated alkanes) is 26. The molecule has 9 heteroatoms. The van der Waals surface area contributed by atoms with E-state index in [0.29, 0.717) is 12.8 Å². The number of carbonyl (C=O) groups excluding carboxylic acids is 2. The predicted molar refractivity (Wildman–Crippen MR) is 223 cm³/mol. The topological polar surface area (TPSA) is 110 Å². The van der Waals surface area contributed by atoms with Gasteiger partial charge in [0, 0.05) is 0 Å². The quantitative estimate of drug-likeness (QED) is 0.0217. The second kappa shape index (κ2) is 38.1.